The van der Waals surface area contributed by atoms with Gasteiger partial charge in [0.05, 0.1) is 17.1 Å². The lowest BCUT2D eigenvalue weighted by atomic mass is 10.1. The Hall–Kier alpha value is -1.52. The van der Waals surface area contributed by atoms with Crippen LogP contribution in [0.15, 0.2) is 30.6 Å². The molecule has 2 N–H and O–H groups in total. The van der Waals surface area contributed by atoms with E-state index in [1.54, 1.807) is 12.4 Å². The van der Waals surface area contributed by atoms with E-state index < -0.39 is 6.10 Å². The molecule has 4 heteroatoms. The van der Waals surface area contributed by atoms with Crippen LogP contribution in [0.25, 0.3) is 11.0 Å². The second-order valence-corrected chi connectivity index (χ2v) is 5.42. The monoisotopic (exact) mass is 245 g/mol. The molecule has 2 rings (SSSR count). The first kappa shape index (κ1) is 12.9. The van der Waals surface area contributed by atoms with E-state index >= 15 is 0 Å². The van der Waals surface area contributed by atoms with Gasteiger partial charge in [-0.25, -0.2) is 0 Å². The van der Waals surface area contributed by atoms with E-state index in [0.29, 0.717) is 6.54 Å². The molecule has 0 fully saturated rings. The Morgan fingerprint density at radius 3 is 2.72 bits per heavy atom. The molecule has 2 aromatic rings. The number of pyridine rings is 2. The van der Waals surface area contributed by atoms with Crippen LogP contribution >= 0.6 is 0 Å². The Morgan fingerprint density at radius 1 is 1.22 bits per heavy atom. The van der Waals surface area contributed by atoms with E-state index in [9.17, 15) is 5.11 Å². The van der Waals surface area contributed by atoms with Crippen LogP contribution in [0, 0.1) is 0 Å². The summed E-state index contributed by atoms with van der Waals surface area (Å²) in [6, 6.07) is 5.57. The Balaban J connectivity index is 2.25. The molecule has 0 aliphatic carbocycles. The van der Waals surface area contributed by atoms with Gasteiger partial charge in [0, 0.05) is 30.0 Å². The molecule has 2 heterocycles. The number of hydrogen-bond acceptors (Lipinski definition) is 4. The summed E-state index contributed by atoms with van der Waals surface area (Å²) in [5, 5.41) is 13.5. The van der Waals surface area contributed by atoms with Gasteiger partial charge in [-0.15, -0.1) is 0 Å². The van der Waals surface area contributed by atoms with Crippen molar-refractivity contribution in [3.05, 3.63) is 36.2 Å². The van der Waals surface area contributed by atoms with Gasteiger partial charge in [-0.1, -0.05) is 0 Å². The molecule has 0 radical (unpaired) electrons. The summed E-state index contributed by atoms with van der Waals surface area (Å²) in [6.07, 6.45) is 2.85. The van der Waals surface area contributed by atoms with Crippen molar-refractivity contribution in [3.63, 3.8) is 0 Å². The number of aliphatic hydroxyl groups is 1. The maximum atomic E-state index is 10.3. The van der Waals surface area contributed by atoms with Crippen LogP contribution in [-0.4, -0.2) is 27.2 Å². The first-order chi connectivity index (χ1) is 8.47. The molecule has 4 nitrogen and oxygen atoms in total. The fourth-order valence-electron chi connectivity index (χ4n) is 1.78. The van der Waals surface area contributed by atoms with Crippen molar-refractivity contribution in [2.75, 3.05) is 6.54 Å². The predicted molar refractivity (Wildman–Crippen MR) is 72.3 cm³/mol. The third kappa shape index (κ3) is 3.03. The lowest BCUT2D eigenvalue weighted by Crippen LogP contribution is -2.38. The summed E-state index contributed by atoms with van der Waals surface area (Å²) in [7, 11) is 0. The molecule has 0 unspecified atom stereocenters. The lowest BCUT2D eigenvalue weighted by Gasteiger charge is -2.23. The van der Waals surface area contributed by atoms with Gasteiger partial charge in [0.15, 0.2) is 0 Å². The molecule has 0 aliphatic heterocycles. The molecule has 1 atom stereocenters. The zero-order valence-corrected chi connectivity index (χ0v) is 11.0. The van der Waals surface area contributed by atoms with Crippen molar-refractivity contribution < 1.29 is 5.11 Å². The van der Waals surface area contributed by atoms with Gasteiger partial charge >= 0.3 is 0 Å². The Kier molecular flexibility index (Phi) is 3.59. The average molecular weight is 245 g/mol. The Bertz CT molecular complexity index is 529. The number of hydrogen-bond donors (Lipinski definition) is 2. The molecule has 96 valence electrons. The van der Waals surface area contributed by atoms with Crippen molar-refractivity contribution in [1.29, 1.82) is 0 Å². The highest BCUT2D eigenvalue weighted by atomic mass is 16.3. The molecule has 2 aromatic heterocycles. The van der Waals surface area contributed by atoms with E-state index in [4.69, 9.17) is 0 Å². The number of aromatic nitrogens is 2. The zero-order valence-electron chi connectivity index (χ0n) is 11.0. The predicted octanol–water partition coefficient (Wildman–Crippen LogP) is 2.05. The first-order valence-electron chi connectivity index (χ1n) is 6.10. The van der Waals surface area contributed by atoms with Gasteiger partial charge in [-0.2, -0.15) is 0 Å². The lowest BCUT2D eigenvalue weighted by molar-refractivity contribution is 0.164. The number of fused-ring (bicyclic) bond motifs is 1. The van der Waals surface area contributed by atoms with Crippen LogP contribution in [-0.2, 0) is 0 Å². The summed E-state index contributed by atoms with van der Waals surface area (Å²) >= 11 is 0. The van der Waals surface area contributed by atoms with Crippen LogP contribution in [0.5, 0.6) is 0 Å². The van der Waals surface area contributed by atoms with Crippen LogP contribution < -0.4 is 5.32 Å². The summed E-state index contributed by atoms with van der Waals surface area (Å²) < 4.78 is 0. The Morgan fingerprint density at radius 2 is 2.00 bits per heavy atom. The molecule has 0 aromatic carbocycles. The number of rotatable bonds is 3. The van der Waals surface area contributed by atoms with Gasteiger partial charge in [-0.05, 0) is 39.0 Å². The van der Waals surface area contributed by atoms with E-state index in [-0.39, 0.29) is 5.54 Å². The normalized spacial score (nSPS) is 13.8. The van der Waals surface area contributed by atoms with Crippen LogP contribution in [0.4, 0.5) is 0 Å². The zero-order chi connectivity index (χ0) is 13.2. The summed E-state index contributed by atoms with van der Waals surface area (Å²) in [4.78, 5) is 8.54. The van der Waals surface area contributed by atoms with E-state index in [0.717, 1.165) is 16.6 Å². The number of β-amino-alcohol motifs (C(OH)–C–C–N with tert-alkyl or cyclic N) is 1. The minimum atomic E-state index is -0.579. The van der Waals surface area contributed by atoms with Gasteiger partial charge in [0.25, 0.3) is 0 Å². The smallest absolute Gasteiger partial charge is 0.0945 e. The summed E-state index contributed by atoms with van der Waals surface area (Å²) in [6.45, 7) is 6.72. The molecule has 0 aliphatic rings. The largest absolute Gasteiger partial charge is 0.387 e. The van der Waals surface area contributed by atoms with Crippen LogP contribution in [0.3, 0.4) is 0 Å². The number of nitrogens with one attached hydrogen (secondary N) is 1. The summed E-state index contributed by atoms with van der Waals surface area (Å²) in [5.41, 5.74) is 2.38. The molecule has 0 saturated carbocycles. The Labute approximate surface area is 107 Å². The van der Waals surface area contributed by atoms with Crippen molar-refractivity contribution in [1.82, 2.24) is 15.3 Å². The van der Waals surface area contributed by atoms with Gasteiger partial charge in [-0.3, -0.25) is 9.97 Å². The fourth-order valence-corrected chi connectivity index (χ4v) is 1.78. The highest BCUT2D eigenvalue weighted by Gasteiger charge is 2.16. The van der Waals surface area contributed by atoms with E-state index in [1.165, 1.54) is 0 Å². The molecule has 0 bridgehead atoms. The molecule has 18 heavy (non-hydrogen) atoms. The van der Waals surface area contributed by atoms with E-state index in [2.05, 4.69) is 36.1 Å². The topological polar surface area (TPSA) is 58.0 Å². The number of nitrogens with zero attached hydrogens (tertiary/aromatic N) is 2. The second kappa shape index (κ2) is 5.00. The standard InChI is InChI=1S/C14H19N3O/c1-14(2,3)17-9-12(18)10-6-8-15-11-5-4-7-16-13(10)11/h4-8,12,17-18H,9H2,1-3H3/t12-/m0/s1. The summed E-state index contributed by atoms with van der Waals surface area (Å²) in [5.74, 6) is 0. The van der Waals surface area contributed by atoms with Crippen molar-refractivity contribution in [2.45, 2.75) is 32.4 Å². The maximum Gasteiger partial charge on any atom is 0.0945 e. The van der Waals surface area contributed by atoms with Gasteiger partial charge < -0.3 is 10.4 Å². The minimum Gasteiger partial charge on any atom is -0.387 e. The first-order valence-corrected chi connectivity index (χ1v) is 6.10. The van der Waals surface area contributed by atoms with E-state index in [1.807, 2.05) is 18.2 Å². The average Bonchev–Trinajstić information content (AvgIpc) is 2.34. The number of aliphatic hydroxyl groups excluding tert-OH is 1. The van der Waals surface area contributed by atoms with Gasteiger partial charge in [0.2, 0.25) is 0 Å². The molecular formula is C14H19N3O. The van der Waals surface area contributed by atoms with Crippen molar-refractivity contribution in [2.24, 2.45) is 0 Å². The van der Waals surface area contributed by atoms with Crippen LogP contribution in [0.1, 0.15) is 32.4 Å². The molecule has 0 spiro atoms. The fraction of sp³-hybridized carbons (Fsp3) is 0.429. The maximum absolute atomic E-state index is 10.3. The van der Waals surface area contributed by atoms with Crippen LogP contribution in [0.2, 0.25) is 0 Å². The molecule has 0 saturated heterocycles. The van der Waals surface area contributed by atoms with Gasteiger partial charge in [0.1, 0.15) is 0 Å². The highest BCUT2D eigenvalue weighted by molar-refractivity contribution is 5.77. The second-order valence-electron chi connectivity index (χ2n) is 5.42. The van der Waals surface area contributed by atoms with Crippen molar-refractivity contribution in [3.8, 4) is 0 Å². The molecule has 0 amide bonds. The quantitative estimate of drug-likeness (QED) is 0.869. The third-order valence-electron chi connectivity index (χ3n) is 2.71. The third-order valence-corrected chi connectivity index (χ3v) is 2.71. The highest BCUT2D eigenvalue weighted by Crippen LogP contribution is 2.20. The SMILES string of the molecule is CC(C)(C)NC[C@H](O)c1ccnc2cccnc12. The molecular weight excluding hydrogens is 226 g/mol. The minimum absolute atomic E-state index is 0.0166. The van der Waals surface area contributed by atoms with Crippen molar-refractivity contribution >= 4 is 11.0 Å².